The number of nitrogens with zero attached hydrogens (tertiary/aromatic N) is 1. The van der Waals surface area contributed by atoms with Crippen molar-refractivity contribution in [2.24, 2.45) is 0 Å². The molecule has 5 rings (SSSR count). The summed E-state index contributed by atoms with van der Waals surface area (Å²) in [4.78, 5) is 16.9. The molecule has 1 aromatic heterocycles. The van der Waals surface area contributed by atoms with Crippen molar-refractivity contribution < 1.29 is 14.2 Å². The first-order valence-corrected chi connectivity index (χ1v) is 13.8. The summed E-state index contributed by atoms with van der Waals surface area (Å²) in [5.41, 5.74) is -0.0647. The molecule has 1 N–H and O–H groups in total. The summed E-state index contributed by atoms with van der Waals surface area (Å²) < 4.78 is 17.2. The van der Waals surface area contributed by atoms with E-state index < -0.39 is 0 Å². The first kappa shape index (κ1) is 26.8. The Morgan fingerprint density at radius 3 is 2.11 bits per heavy atom. The number of halogens is 1. The van der Waals surface area contributed by atoms with Gasteiger partial charge in [0.25, 0.3) is 5.56 Å². The van der Waals surface area contributed by atoms with Crippen molar-refractivity contribution in [2.45, 2.75) is 18.9 Å². The van der Waals surface area contributed by atoms with Crippen molar-refractivity contribution in [3.63, 3.8) is 0 Å². The molecule has 3 aromatic carbocycles. The van der Waals surface area contributed by atoms with Crippen LogP contribution in [0.4, 0.5) is 0 Å². The van der Waals surface area contributed by atoms with E-state index in [1.807, 2.05) is 84.9 Å². The number of fused-ring (bicyclic) bond motifs is 1. The number of hydrogen-bond donors (Lipinski definition) is 1. The molecule has 0 saturated carbocycles. The van der Waals surface area contributed by atoms with Crippen molar-refractivity contribution >= 4 is 26.7 Å². The molecule has 1 aliphatic rings. The number of aromatic nitrogens is 1. The number of para-hydroxylation sites is 2. The van der Waals surface area contributed by atoms with Gasteiger partial charge in [-0.2, -0.15) is 0 Å². The number of H-pyrrole nitrogens is 1. The zero-order valence-electron chi connectivity index (χ0n) is 20.9. The predicted octanol–water partition coefficient (Wildman–Crippen LogP) is 5.91. The number of rotatable bonds is 9. The maximum absolute atomic E-state index is 11.8. The van der Waals surface area contributed by atoms with E-state index in [0.29, 0.717) is 12.0 Å². The number of hydrogen-bond acceptors (Lipinski definition) is 5. The Morgan fingerprint density at radius 2 is 1.46 bits per heavy atom. The summed E-state index contributed by atoms with van der Waals surface area (Å²) in [6.45, 7) is 4.38. The largest absolute Gasteiger partial charge is 0.493 e. The van der Waals surface area contributed by atoms with Gasteiger partial charge in [0.1, 0.15) is 30.0 Å². The van der Waals surface area contributed by atoms with Crippen LogP contribution >= 0.6 is 15.9 Å². The topological polar surface area (TPSA) is 63.8 Å². The van der Waals surface area contributed by atoms with Crippen LogP contribution in [0.15, 0.2) is 95.9 Å². The van der Waals surface area contributed by atoms with E-state index >= 15 is 0 Å². The van der Waals surface area contributed by atoms with Crippen LogP contribution < -0.4 is 19.8 Å². The van der Waals surface area contributed by atoms with Crippen molar-refractivity contribution in [2.75, 3.05) is 38.2 Å². The molecule has 7 heteroatoms. The fraction of sp³-hybridized carbons (Fsp3) is 0.300. The summed E-state index contributed by atoms with van der Waals surface area (Å²) in [7, 11) is 0. The molecule has 37 heavy (non-hydrogen) atoms. The van der Waals surface area contributed by atoms with Crippen molar-refractivity contribution in [3.8, 4) is 17.2 Å². The third kappa shape index (κ3) is 8.65. The highest BCUT2D eigenvalue weighted by molar-refractivity contribution is 9.09. The van der Waals surface area contributed by atoms with Gasteiger partial charge in [-0.1, -0.05) is 52.3 Å². The number of likely N-dealkylation sites (tertiary alicyclic amines) is 1. The zero-order valence-corrected chi connectivity index (χ0v) is 22.4. The van der Waals surface area contributed by atoms with Gasteiger partial charge in [0.15, 0.2) is 0 Å². The Hall–Kier alpha value is -3.29. The molecule has 4 aromatic rings. The lowest BCUT2D eigenvalue weighted by molar-refractivity contribution is 0.0916. The average Bonchev–Trinajstić information content (AvgIpc) is 2.94. The first-order valence-electron chi connectivity index (χ1n) is 12.6. The van der Waals surface area contributed by atoms with Gasteiger partial charge in [-0.05, 0) is 66.8 Å². The van der Waals surface area contributed by atoms with E-state index in [9.17, 15) is 4.79 Å². The van der Waals surface area contributed by atoms with Crippen molar-refractivity contribution in [1.29, 1.82) is 0 Å². The fourth-order valence-electron chi connectivity index (χ4n) is 4.17. The van der Waals surface area contributed by atoms with Gasteiger partial charge >= 0.3 is 0 Å². The summed E-state index contributed by atoms with van der Waals surface area (Å²) in [5.74, 6) is 2.69. The van der Waals surface area contributed by atoms with Crippen LogP contribution in [0.2, 0.25) is 0 Å². The molecule has 0 spiro atoms. The summed E-state index contributed by atoms with van der Waals surface area (Å²) in [6, 6.07) is 27.3. The van der Waals surface area contributed by atoms with Gasteiger partial charge in [0.2, 0.25) is 0 Å². The molecule has 1 aliphatic heterocycles. The van der Waals surface area contributed by atoms with Gasteiger partial charge in [-0.3, -0.25) is 9.69 Å². The molecule has 0 unspecified atom stereocenters. The minimum absolute atomic E-state index is 0.0647. The Kier molecular flexibility index (Phi) is 10.5. The molecule has 1 fully saturated rings. The monoisotopic (exact) mass is 564 g/mol. The summed E-state index contributed by atoms with van der Waals surface area (Å²) in [5, 5.41) is 2.48. The third-order valence-electron chi connectivity index (χ3n) is 6.09. The smallest absolute Gasteiger partial charge is 0.255 e. The molecule has 1 saturated heterocycles. The normalized spacial score (nSPS) is 14.0. The van der Waals surface area contributed by atoms with Crippen LogP contribution in [0.25, 0.3) is 10.8 Å². The molecule has 0 radical (unpaired) electrons. The Balaban J connectivity index is 0.000000270. The van der Waals surface area contributed by atoms with Crippen molar-refractivity contribution in [3.05, 3.63) is 101 Å². The van der Waals surface area contributed by atoms with E-state index in [1.54, 1.807) is 6.20 Å². The maximum Gasteiger partial charge on any atom is 0.255 e. The summed E-state index contributed by atoms with van der Waals surface area (Å²) in [6.07, 6.45) is 3.89. The van der Waals surface area contributed by atoms with Gasteiger partial charge in [0.05, 0.1) is 6.61 Å². The van der Waals surface area contributed by atoms with Crippen LogP contribution in [0.3, 0.4) is 0 Å². The molecule has 0 atom stereocenters. The van der Waals surface area contributed by atoms with Gasteiger partial charge in [-0.25, -0.2) is 0 Å². The van der Waals surface area contributed by atoms with E-state index in [4.69, 9.17) is 14.2 Å². The second kappa shape index (κ2) is 14.4. The first-order chi connectivity index (χ1) is 18.2. The number of pyridine rings is 1. The predicted molar refractivity (Wildman–Crippen MR) is 152 cm³/mol. The minimum atomic E-state index is -0.0647. The number of aromatic amines is 1. The molecular formula is C30H33BrN2O4. The highest BCUT2D eigenvalue weighted by Gasteiger charge is 2.20. The Bertz CT molecular complexity index is 1260. The van der Waals surface area contributed by atoms with Crippen LogP contribution in [0.1, 0.15) is 12.8 Å². The van der Waals surface area contributed by atoms with Crippen LogP contribution in [0, 0.1) is 0 Å². The second-order valence-corrected chi connectivity index (χ2v) is 9.52. The van der Waals surface area contributed by atoms with Crippen LogP contribution in [-0.4, -0.2) is 54.2 Å². The van der Waals surface area contributed by atoms with Crippen LogP contribution in [-0.2, 0) is 0 Å². The zero-order chi connectivity index (χ0) is 25.7. The number of benzene rings is 3. The molecule has 194 valence electrons. The standard InChI is InChI=1S/C22H24N2O3.C8H9BrO/c25-22-21-7-6-20(16-17(21)8-11-23-22)27-19-9-12-24(13-10-19)14-15-26-18-4-2-1-3-5-18;9-6-7-10-8-4-2-1-3-5-8/h1-8,11,16,19H,9-10,12-15H2,(H,23,25);1-5H,6-7H2. The number of alkyl halides is 1. The molecule has 2 heterocycles. The van der Waals surface area contributed by atoms with E-state index in [2.05, 4.69) is 25.8 Å². The van der Waals surface area contributed by atoms with Crippen molar-refractivity contribution in [1.82, 2.24) is 9.88 Å². The lowest BCUT2D eigenvalue weighted by Gasteiger charge is -2.32. The molecular weight excluding hydrogens is 532 g/mol. The lowest BCUT2D eigenvalue weighted by atomic mass is 10.1. The SMILES string of the molecule is BrCCOc1ccccc1.O=c1[nH]ccc2cc(OC3CCN(CCOc4ccccc4)CC3)ccc12. The maximum atomic E-state index is 11.8. The van der Waals surface area contributed by atoms with E-state index in [1.165, 1.54) is 0 Å². The Labute approximate surface area is 226 Å². The second-order valence-electron chi connectivity index (χ2n) is 8.73. The molecule has 0 aliphatic carbocycles. The van der Waals surface area contributed by atoms with Gasteiger partial charge < -0.3 is 19.2 Å². The summed E-state index contributed by atoms with van der Waals surface area (Å²) >= 11 is 3.28. The average molecular weight is 566 g/mol. The Morgan fingerprint density at radius 1 is 0.811 bits per heavy atom. The third-order valence-corrected chi connectivity index (χ3v) is 6.41. The lowest BCUT2D eigenvalue weighted by Crippen LogP contribution is -2.40. The van der Waals surface area contributed by atoms with E-state index in [-0.39, 0.29) is 11.7 Å². The molecule has 6 nitrogen and oxygen atoms in total. The highest BCUT2D eigenvalue weighted by atomic mass is 79.9. The van der Waals surface area contributed by atoms with E-state index in [0.717, 1.165) is 67.0 Å². The minimum Gasteiger partial charge on any atom is -0.493 e. The highest BCUT2D eigenvalue weighted by Crippen LogP contribution is 2.22. The number of ether oxygens (including phenoxy) is 3. The molecule has 0 bridgehead atoms. The van der Waals surface area contributed by atoms with Gasteiger partial charge in [-0.15, -0.1) is 0 Å². The number of nitrogens with one attached hydrogen (secondary N) is 1. The fourth-order valence-corrected chi connectivity index (χ4v) is 4.33. The quantitative estimate of drug-likeness (QED) is 0.256. The number of piperidine rings is 1. The molecule has 0 amide bonds. The van der Waals surface area contributed by atoms with Crippen LogP contribution in [0.5, 0.6) is 17.2 Å². The van der Waals surface area contributed by atoms with Gasteiger partial charge in [0, 0.05) is 36.5 Å².